The fraction of sp³-hybridized carbons (Fsp3) is 0.300. The van der Waals surface area contributed by atoms with Crippen LogP contribution in [0.5, 0.6) is 11.5 Å². The van der Waals surface area contributed by atoms with Crippen LogP contribution < -0.4 is 15.2 Å². The monoisotopic (exact) mass is 371 g/mol. The zero-order valence-electron chi connectivity index (χ0n) is 15.7. The molecule has 0 unspecified atom stereocenters. The number of pyridine rings is 1. The molecule has 0 aliphatic rings. The van der Waals surface area contributed by atoms with Gasteiger partial charge in [-0.05, 0) is 61.9 Å². The number of hydrogen-bond donors (Lipinski definition) is 0. The lowest BCUT2D eigenvalue weighted by Crippen LogP contribution is -2.29. The van der Waals surface area contributed by atoms with Gasteiger partial charge in [-0.25, -0.2) is 4.98 Å². The lowest BCUT2D eigenvalue weighted by Gasteiger charge is -2.14. The first kappa shape index (κ1) is 20.0. The van der Waals surface area contributed by atoms with Gasteiger partial charge in [0.1, 0.15) is 22.8 Å². The molecule has 1 heterocycles. The third kappa shape index (κ3) is 5.61. The molecule has 138 valence electrons. The summed E-state index contributed by atoms with van der Waals surface area (Å²) in [7, 11) is 5.94. The van der Waals surface area contributed by atoms with Crippen LogP contribution in [0.4, 0.5) is 0 Å². The molecule has 0 saturated heterocycles. The van der Waals surface area contributed by atoms with E-state index in [2.05, 4.69) is 23.4 Å². The Labute approximate surface area is 159 Å². The van der Waals surface area contributed by atoms with Crippen LogP contribution in [0.1, 0.15) is 23.7 Å². The SMILES string of the molecule is C=c1cc(C=O)cc(Oc2ccc(SN(C)C)nc2)/c1=C/N(C)CCC. The first-order valence-corrected chi connectivity index (χ1v) is 9.19. The molecular weight excluding hydrogens is 346 g/mol. The minimum Gasteiger partial charge on any atom is -0.455 e. The first-order chi connectivity index (χ1) is 12.4. The highest BCUT2D eigenvalue weighted by Crippen LogP contribution is 2.22. The molecule has 0 aliphatic heterocycles. The van der Waals surface area contributed by atoms with Gasteiger partial charge in [0.25, 0.3) is 0 Å². The van der Waals surface area contributed by atoms with Gasteiger partial charge in [-0.2, -0.15) is 0 Å². The number of ether oxygens (including phenoxy) is 1. The van der Waals surface area contributed by atoms with E-state index < -0.39 is 0 Å². The van der Waals surface area contributed by atoms with Crippen LogP contribution in [0.25, 0.3) is 12.8 Å². The molecule has 0 saturated carbocycles. The number of nitrogens with zero attached hydrogens (tertiary/aromatic N) is 3. The zero-order valence-corrected chi connectivity index (χ0v) is 16.5. The highest BCUT2D eigenvalue weighted by atomic mass is 32.2. The third-order valence-corrected chi connectivity index (χ3v) is 4.32. The van der Waals surface area contributed by atoms with Crippen molar-refractivity contribution in [3.8, 4) is 11.5 Å². The molecule has 26 heavy (non-hydrogen) atoms. The van der Waals surface area contributed by atoms with E-state index in [1.807, 2.05) is 43.8 Å². The van der Waals surface area contributed by atoms with Gasteiger partial charge in [-0.15, -0.1) is 0 Å². The summed E-state index contributed by atoms with van der Waals surface area (Å²) in [4.78, 5) is 17.7. The summed E-state index contributed by atoms with van der Waals surface area (Å²) in [5.41, 5.74) is 0.535. The van der Waals surface area contributed by atoms with E-state index >= 15 is 0 Å². The number of rotatable bonds is 8. The molecule has 0 atom stereocenters. The predicted octanol–water partition coefficient (Wildman–Crippen LogP) is 2.75. The summed E-state index contributed by atoms with van der Waals surface area (Å²) < 4.78 is 8.00. The Balaban J connectivity index is 2.39. The van der Waals surface area contributed by atoms with Crippen LogP contribution in [-0.4, -0.2) is 48.2 Å². The minimum absolute atomic E-state index is 0.535. The summed E-state index contributed by atoms with van der Waals surface area (Å²) in [6, 6.07) is 7.27. The number of benzene rings is 1. The molecule has 5 nitrogen and oxygen atoms in total. The topological polar surface area (TPSA) is 45.7 Å². The average molecular weight is 372 g/mol. The van der Waals surface area contributed by atoms with Crippen molar-refractivity contribution < 1.29 is 9.53 Å². The average Bonchev–Trinajstić information content (AvgIpc) is 2.59. The van der Waals surface area contributed by atoms with Gasteiger partial charge in [0, 0.05) is 30.6 Å². The Morgan fingerprint density at radius 2 is 2.04 bits per heavy atom. The number of carbonyl (C=O) groups excluding carboxylic acids is 1. The molecule has 0 radical (unpaired) electrons. The van der Waals surface area contributed by atoms with Crippen LogP contribution >= 0.6 is 11.9 Å². The summed E-state index contributed by atoms with van der Waals surface area (Å²) in [5, 5.41) is 2.50. The Bertz CT molecular complexity index is 851. The Kier molecular flexibility index (Phi) is 7.24. The largest absolute Gasteiger partial charge is 0.455 e. The van der Waals surface area contributed by atoms with E-state index in [-0.39, 0.29) is 0 Å². The number of aromatic nitrogens is 1. The minimum atomic E-state index is 0.535. The molecule has 2 rings (SSSR count). The number of aldehydes is 1. The number of hydrogen-bond acceptors (Lipinski definition) is 6. The summed E-state index contributed by atoms with van der Waals surface area (Å²) in [5.74, 6) is 1.21. The van der Waals surface area contributed by atoms with Crippen molar-refractivity contribution in [1.29, 1.82) is 0 Å². The van der Waals surface area contributed by atoms with Crippen molar-refractivity contribution >= 4 is 31.0 Å². The zero-order chi connectivity index (χ0) is 19.1. The molecule has 0 bridgehead atoms. The molecule has 2 aromatic rings. The molecule has 0 fully saturated rings. The molecule has 0 N–H and O–H groups in total. The molecule has 6 heteroatoms. The van der Waals surface area contributed by atoms with Crippen LogP contribution in [0.2, 0.25) is 0 Å². The second-order valence-corrected chi connectivity index (χ2v) is 7.49. The Hall–Kier alpha value is -2.31. The van der Waals surface area contributed by atoms with Gasteiger partial charge in [-0.3, -0.25) is 9.10 Å². The highest BCUT2D eigenvalue weighted by molar-refractivity contribution is 7.96. The maximum absolute atomic E-state index is 11.2. The van der Waals surface area contributed by atoms with Crippen molar-refractivity contribution in [3.63, 3.8) is 0 Å². The van der Waals surface area contributed by atoms with E-state index in [0.29, 0.717) is 17.1 Å². The summed E-state index contributed by atoms with van der Waals surface area (Å²) in [6.45, 7) is 7.12. The lowest BCUT2D eigenvalue weighted by molar-refractivity contribution is 0.112. The van der Waals surface area contributed by atoms with Crippen molar-refractivity contribution in [1.82, 2.24) is 14.2 Å². The van der Waals surface area contributed by atoms with E-state index in [0.717, 1.165) is 34.7 Å². The maximum atomic E-state index is 11.2. The third-order valence-electron chi connectivity index (χ3n) is 3.53. The quantitative estimate of drug-likeness (QED) is 0.525. The van der Waals surface area contributed by atoms with Gasteiger partial charge in [-0.1, -0.05) is 13.5 Å². The van der Waals surface area contributed by atoms with E-state index in [1.165, 1.54) is 11.9 Å². The van der Waals surface area contributed by atoms with E-state index in [9.17, 15) is 4.79 Å². The molecule has 1 aromatic carbocycles. The van der Waals surface area contributed by atoms with Crippen molar-refractivity contribution in [2.45, 2.75) is 18.4 Å². The molecular formula is C20H25N3O2S. The number of carbonyl (C=O) groups is 1. The maximum Gasteiger partial charge on any atom is 0.150 e. The normalized spacial score (nSPS) is 11.7. The van der Waals surface area contributed by atoms with Crippen molar-refractivity contribution in [2.24, 2.45) is 0 Å². The standard InChI is InChI=1S/C20H25N3O2S/c1-6-9-23(5)13-18-15(2)10-16(14-24)11-19(18)25-17-7-8-20(21-12-17)26-22(3)4/h7-8,10-14H,2,6,9H2,1,3-5H3/b18-13+. The van der Waals surface area contributed by atoms with Crippen LogP contribution in [0, 0.1) is 0 Å². The fourth-order valence-corrected chi connectivity index (χ4v) is 3.04. The van der Waals surface area contributed by atoms with Crippen LogP contribution in [0.15, 0.2) is 35.5 Å². The summed E-state index contributed by atoms with van der Waals surface area (Å²) >= 11 is 1.54. The lowest BCUT2D eigenvalue weighted by atomic mass is 10.1. The second-order valence-electron chi connectivity index (χ2n) is 6.16. The molecule has 1 aromatic heterocycles. The predicted molar refractivity (Wildman–Crippen MR) is 108 cm³/mol. The van der Waals surface area contributed by atoms with Gasteiger partial charge >= 0.3 is 0 Å². The van der Waals surface area contributed by atoms with E-state index in [1.54, 1.807) is 18.3 Å². The first-order valence-electron chi connectivity index (χ1n) is 8.42. The van der Waals surface area contributed by atoms with Gasteiger partial charge in [0.15, 0.2) is 0 Å². The van der Waals surface area contributed by atoms with Gasteiger partial charge in [0.2, 0.25) is 0 Å². The Morgan fingerprint density at radius 3 is 2.62 bits per heavy atom. The van der Waals surface area contributed by atoms with E-state index in [4.69, 9.17) is 4.74 Å². The smallest absolute Gasteiger partial charge is 0.150 e. The van der Waals surface area contributed by atoms with Crippen LogP contribution in [-0.2, 0) is 0 Å². The van der Waals surface area contributed by atoms with Crippen LogP contribution in [0.3, 0.4) is 0 Å². The van der Waals surface area contributed by atoms with Crippen molar-refractivity contribution in [3.05, 3.63) is 46.5 Å². The Morgan fingerprint density at radius 1 is 1.27 bits per heavy atom. The van der Waals surface area contributed by atoms with Gasteiger partial charge in [0.05, 0.1) is 6.20 Å². The second kappa shape index (κ2) is 9.40. The molecule has 0 amide bonds. The molecule has 0 spiro atoms. The molecule has 0 aliphatic carbocycles. The van der Waals surface area contributed by atoms with Crippen molar-refractivity contribution in [2.75, 3.05) is 27.7 Å². The highest BCUT2D eigenvalue weighted by Gasteiger charge is 2.06. The van der Waals surface area contributed by atoms with Gasteiger partial charge < -0.3 is 9.64 Å². The fourth-order valence-electron chi connectivity index (χ4n) is 2.44. The summed E-state index contributed by atoms with van der Waals surface area (Å²) in [6.07, 6.45) is 5.52.